The molecule has 0 saturated heterocycles. The van der Waals surface area contributed by atoms with E-state index in [1.54, 1.807) is 31.2 Å². The van der Waals surface area contributed by atoms with Crippen LogP contribution in [0.1, 0.15) is 24.0 Å². The van der Waals surface area contributed by atoms with Crippen molar-refractivity contribution in [2.75, 3.05) is 0 Å². The molecule has 2 atom stereocenters. The maximum atomic E-state index is 11.9. The number of carboxylic acid groups (broad SMARTS) is 1. The van der Waals surface area contributed by atoms with Crippen molar-refractivity contribution in [1.29, 1.82) is 0 Å². The fourth-order valence-electron chi connectivity index (χ4n) is 2.83. The molecule has 0 amide bonds. The molecule has 2 aromatic carbocycles. The summed E-state index contributed by atoms with van der Waals surface area (Å²) < 4.78 is 0. The minimum atomic E-state index is -1.48. The van der Waals surface area contributed by atoms with Crippen molar-refractivity contribution in [2.24, 2.45) is 0 Å². The van der Waals surface area contributed by atoms with Gasteiger partial charge < -0.3 is 10.2 Å². The van der Waals surface area contributed by atoms with Crippen LogP contribution in [-0.4, -0.2) is 24.3 Å². The zero-order valence-electron chi connectivity index (χ0n) is 14.1. The molecule has 0 aromatic heterocycles. The summed E-state index contributed by atoms with van der Waals surface area (Å²) in [5.74, 6) is -2.04. The molecule has 0 aliphatic heterocycles. The molecule has 0 heterocycles. The summed E-state index contributed by atoms with van der Waals surface area (Å²) in [5, 5.41) is 21.9. The van der Waals surface area contributed by atoms with E-state index in [4.69, 9.17) is 0 Å². The average molecular weight is 328 g/mol. The van der Waals surface area contributed by atoms with Crippen LogP contribution in [0, 0.1) is 0 Å². The van der Waals surface area contributed by atoms with Gasteiger partial charge in [0, 0.05) is 0 Å². The van der Waals surface area contributed by atoms with E-state index >= 15 is 0 Å². The molecule has 0 fully saturated rings. The van der Waals surface area contributed by atoms with Gasteiger partial charge in [-0.2, -0.15) is 0 Å². The van der Waals surface area contributed by atoms with Crippen molar-refractivity contribution >= 4 is 19.2 Å². The molecular formula is C19H24O3Si. The summed E-state index contributed by atoms with van der Waals surface area (Å²) in [4.78, 5) is 11.9. The molecule has 0 saturated carbocycles. The lowest BCUT2D eigenvalue weighted by atomic mass is 9.78. The van der Waals surface area contributed by atoms with E-state index in [2.05, 4.69) is 19.6 Å². The Morgan fingerprint density at radius 1 is 1.00 bits per heavy atom. The highest BCUT2D eigenvalue weighted by atomic mass is 28.3. The average Bonchev–Trinajstić information content (AvgIpc) is 2.47. The summed E-state index contributed by atoms with van der Waals surface area (Å²) in [7, 11) is -1.44. The smallest absolute Gasteiger partial charge is 0.314 e. The Morgan fingerprint density at radius 2 is 1.52 bits per heavy atom. The van der Waals surface area contributed by atoms with Gasteiger partial charge in [0.15, 0.2) is 0 Å². The maximum absolute atomic E-state index is 11.9. The maximum Gasteiger partial charge on any atom is 0.314 e. The molecule has 0 radical (unpaired) electrons. The monoisotopic (exact) mass is 328 g/mol. The van der Waals surface area contributed by atoms with Gasteiger partial charge in [0.1, 0.15) is 11.5 Å². The van der Waals surface area contributed by atoms with Crippen molar-refractivity contribution in [3.05, 3.63) is 65.7 Å². The molecule has 0 spiro atoms. The Labute approximate surface area is 138 Å². The van der Waals surface area contributed by atoms with Gasteiger partial charge in [0.05, 0.1) is 8.07 Å². The highest BCUT2D eigenvalue weighted by Crippen LogP contribution is 2.36. The first-order valence-electron chi connectivity index (χ1n) is 7.75. The normalized spacial score (nSPS) is 15.7. The van der Waals surface area contributed by atoms with E-state index in [-0.39, 0.29) is 0 Å². The minimum Gasteiger partial charge on any atom is -0.481 e. The van der Waals surface area contributed by atoms with Crippen LogP contribution in [-0.2, 0) is 10.4 Å². The molecule has 0 aliphatic rings. The van der Waals surface area contributed by atoms with Crippen LogP contribution in [0.2, 0.25) is 19.6 Å². The minimum absolute atomic E-state index is 0.599. The van der Waals surface area contributed by atoms with Gasteiger partial charge >= 0.3 is 5.97 Å². The van der Waals surface area contributed by atoms with Crippen LogP contribution in [0.25, 0.3) is 0 Å². The molecular weight excluding hydrogens is 304 g/mol. The van der Waals surface area contributed by atoms with Gasteiger partial charge in [-0.3, -0.25) is 4.79 Å². The quantitative estimate of drug-likeness (QED) is 0.828. The van der Waals surface area contributed by atoms with Crippen molar-refractivity contribution < 1.29 is 15.0 Å². The SMILES string of the molecule is C[C@](O)(c1ccccc1)[C@H](C(=O)O)c1ccc([Si](C)(C)C)cc1. The highest BCUT2D eigenvalue weighted by Gasteiger charge is 2.40. The Morgan fingerprint density at radius 3 is 1.96 bits per heavy atom. The van der Waals surface area contributed by atoms with E-state index in [1.165, 1.54) is 5.19 Å². The second kappa shape index (κ2) is 6.30. The highest BCUT2D eigenvalue weighted by molar-refractivity contribution is 6.88. The Balaban J connectivity index is 2.45. The molecule has 0 unspecified atom stereocenters. The van der Waals surface area contributed by atoms with Crippen LogP contribution in [0.5, 0.6) is 0 Å². The second-order valence-corrected chi connectivity index (χ2v) is 12.2. The predicted octanol–water partition coefficient (Wildman–Crippen LogP) is 3.31. The number of carbonyl (C=O) groups is 1. The largest absolute Gasteiger partial charge is 0.481 e. The van der Waals surface area contributed by atoms with E-state index in [0.717, 1.165) is 0 Å². The number of benzene rings is 2. The lowest BCUT2D eigenvalue weighted by Gasteiger charge is -2.31. The summed E-state index contributed by atoms with van der Waals surface area (Å²) >= 11 is 0. The lowest BCUT2D eigenvalue weighted by Crippen LogP contribution is -2.38. The van der Waals surface area contributed by atoms with E-state index in [9.17, 15) is 15.0 Å². The van der Waals surface area contributed by atoms with Gasteiger partial charge in [-0.05, 0) is 18.1 Å². The number of rotatable bonds is 5. The Kier molecular flexibility index (Phi) is 4.78. The second-order valence-electron chi connectivity index (χ2n) is 7.16. The first-order chi connectivity index (χ1) is 10.6. The summed E-state index contributed by atoms with van der Waals surface area (Å²) in [6.45, 7) is 8.30. The third-order valence-corrected chi connectivity index (χ3v) is 6.34. The van der Waals surface area contributed by atoms with Crippen molar-refractivity contribution in [3.63, 3.8) is 0 Å². The molecule has 23 heavy (non-hydrogen) atoms. The zero-order valence-corrected chi connectivity index (χ0v) is 15.1. The summed E-state index contributed by atoms with van der Waals surface area (Å²) in [6, 6.07) is 16.6. The van der Waals surface area contributed by atoms with Crippen LogP contribution < -0.4 is 5.19 Å². The van der Waals surface area contributed by atoms with Crippen LogP contribution in [0.15, 0.2) is 54.6 Å². The fraction of sp³-hybridized carbons (Fsp3) is 0.316. The summed E-state index contributed by atoms with van der Waals surface area (Å²) in [5.41, 5.74) is -0.261. The Hall–Kier alpha value is -1.91. The standard InChI is InChI=1S/C19H24O3Si/c1-19(22,15-8-6-5-7-9-15)17(18(20)21)14-10-12-16(13-11-14)23(2,3)4/h5-13,17,22H,1-4H3,(H,20,21)/t17-,19-/m0/s1. The molecule has 2 N–H and O–H groups in total. The fourth-order valence-corrected chi connectivity index (χ4v) is 3.99. The van der Waals surface area contributed by atoms with E-state index in [1.807, 2.05) is 30.3 Å². The van der Waals surface area contributed by atoms with Crippen molar-refractivity contribution in [1.82, 2.24) is 0 Å². The first-order valence-corrected chi connectivity index (χ1v) is 11.2. The van der Waals surface area contributed by atoms with E-state index < -0.39 is 25.6 Å². The summed E-state index contributed by atoms with van der Waals surface area (Å²) in [6.07, 6.45) is 0. The molecule has 3 nitrogen and oxygen atoms in total. The third-order valence-electron chi connectivity index (χ3n) is 4.28. The number of aliphatic carboxylic acids is 1. The van der Waals surface area contributed by atoms with Gasteiger partial charge in [0.2, 0.25) is 0 Å². The number of hydrogen-bond acceptors (Lipinski definition) is 2. The molecule has 2 rings (SSSR count). The first kappa shape index (κ1) is 17.4. The lowest BCUT2D eigenvalue weighted by molar-refractivity contribution is -0.145. The van der Waals surface area contributed by atoms with Gasteiger partial charge in [-0.1, -0.05) is 79.4 Å². The number of aliphatic hydroxyl groups is 1. The van der Waals surface area contributed by atoms with Crippen LogP contribution in [0.3, 0.4) is 0 Å². The van der Waals surface area contributed by atoms with Gasteiger partial charge in [-0.15, -0.1) is 0 Å². The van der Waals surface area contributed by atoms with Gasteiger partial charge in [0.25, 0.3) is 0 Å². The van der Waals surface area contributed by atoms with Crippen LogP contribution in [0.4, 0.5) is 0 Å². The topological polar surface area (TPSA) is 57.5 Å². The number of carboxylic acids is 1. The van der Waals surface area contributed by atoms with Crippen molar-refractivity contribution in [2.45, 2.75) is 38.1 Å². The molecule has 2 aromatic rings. The van der Waals surface area contributed by atoms with Crippen LogP contribution >= 0.6 is 0 Å². The van der Waals surface area contributed by atoms with Crippen molar-refractivity contribution in [3.8, 4) is 0 Å². The predicted molar refractivity (Wildman–Crippen MR) is 95.8 cm³/mol. The number of hydrogen-bond donors (Lipinski definition) is 2. The molecule has 0 bridgehead atoms. The van der Waals surface area contributed by atoms with Gasteiger partial charge in [-0.25, -0.2) is 0 Å². The zero-order chi connectivity index (χ0) is 17.3. The van der Waals surface area contributed by atoms with E-state index in [0.29, 0.717) is 11.1 Å². The third kappa shape index (κ3) is 3.71. The molecule has 0 aliphatic carbocycles. The molecule has 4 heteroatoms. The molecule has 122 valence electrons. The Bertz CT molecular complexity index is 670.